The van der Waals surface area contributed by atoms with Gasteiger partial charge in [-0.05, 0) is 12.1 Å². The van der Waals surface area contributed by atoms with Crippen molar-refractivity contribution in [3.05, 3.63) is 24.0 Å². The summed E-state index contributed by atoms with van der Waals surface area (Å²) < 4.78 is 0. The highest BCUT2D eigenvalue weighted by molar-refractivity contribution is 6.02. The molecule has 3 heterocycles. The number of fused-ring (bicyclic) bond motifs is 1. The van der Waals surface area contributed by atoms with Crippen LogP contribution in [0.4, 0.5) is 10.5 Å². The van der Waals surface area contributed by atoms with Crippen LogP contribution < -0.4 is 11.1 Å². The second-order valence-electron chi connectivity index (χ2n) is 4.82. The zero-order valence-corrected chi connectivity index (χ0v) is 10.3. The maximum Gasteiger partial charge on any atom is 0.407 e. The van der Waals surface area contributed by atoms with Crippen molar-refractivity contribution in [3.63, 3.8) is 0 Å². The van der Waals surface area contributed by atoms with Gasteiger partial charge >= 0.3 is 6.09 Å². The van der Waals surface area contributed by atoms with Crippen molar-refractivity contribution < 1.29 is 9.90 Å². The Morgan fingerprint density at radius 1 is 1.47 bits per heavy atom. The Morgan fingerprint density at radius 2 is 2.21 bits per heavy atom. The molecule has 0 saturated carbocycles. The molecule has 1 aromatic rings. The summed E-state index contributed by atoms with van der Waals surface area (Å²) in [7, 11) is 0. The van der Waals surface area contributed by atoms with Crippen molar-refractivity contribution in [2.75, 3.05) is 18.4 Å². The molecule has 2 aliphatic rings. The van der Waals surface area contributed by atoms with E-state index in [1.54, 1.807) is 6.20 Å². The van der Waals surface area contributed by atoms with E-state index in [1.807, 2.05) is 12.1 Å². The van der Waals surface area contributed by atoms with Crippen molar-refractivity contribution in [2.24, 2.45) is 10.7 Å². The summed E-state index contributed by atoms with van der Waals surface area (Å²) in [5, 5.41) is 12.3. The molecule has 0 aliphatic carbocycles. The number of pyridine rings is 1. The second kappa shape index (κ2) is 4.11. The van der Waals surface area contributed by atoms with Crippen molar-refractivity contribution in [1.82, 2.24) is 9.88 Å². The molecule has 19 heavy (non-hydrogen) atoms. The number of amidine groups is 1. The fourth-order valence-corrected chi connectivity index (χ4v) is 2.58. The van der Waals surface area contributed by atoms with E-state index < -0.39 is 11.8 Å². The molecule has 0 radical (unpaired) electrons. The van der Waals surface area contributed by atoms with Crippen LogP contribution in [0, 0.1) is 0 Å². The summed E-state index contributed by atoms with van der Waals surface area (Å²) in [5.74, 6) is 0.415. The van der Waals surface area contributed by atoms with Gasteiger partial charge in [-0.25, -0.2) is 9.79 Å². The average Bonchev–Trinajstić information content (AvgIpc) is 2.39. The Balaban J connectivity index is 1.86. The van der Waals surface area contributed by atoms with Crippen LogP contribution in [0.2, 0.25) is 0 Å². The predicted molar refractivity (Wildman–Crippen MR) is 70.1 cm³/mol. The van der Waals surface area contributed by atoms with Gasteiger partial charge in [-0.2, -0.15) is 0 Å². The number of nitrogens with two attached hydrogens (primary N) is 1. The molecule has 1 fully saturated rings. The monoisotopic (exact) mass is 261 g/mol. The van der Waals surface area contributed by atoms with E-state index in [0.717, 1.165) is 5.69 Å². The Kier molecular flexibility index (Phi) is 2.55. The number of amides is 1. The van der Waals surface area contributed by atoms with E-state index in [0.29, 0.717) is 37.5 Å². The van der Waals surface area contributed by atoms with E-state index in [-0.39, 0.29) is 0 Å². The SMILES string of the molecule is NC1=NC2(CCN(C(=O)O)CC2)Nc2cccnc21. The van der Waals surface area contributed by atoms with Gasteiger partial charge in [0.15, 0.2) is 0 Å². The van der Waals surface area contributed by atoms with Gasteiger partial charge in [0.1, 0.15) is 17.2 Å². The van der Waals surface area contributed by atoms with Gasteiger partial charge in [0.05, 0.1) is 5.69 Å². The van der Waals surface area contributed by atoms with Crippen LogP contribution >= 0.6 is 0 Å². The van der Waals surface area contributed by atoms with Gasteiger partial charge in [-0.1, -0.05) is 0 Å². The lowest BCUT2D eigenvalue weighted by molar-refractivity contribution is 0.122. The number of nitrogens with zero attached hydrogens (tertiary/aromatic N) is 3. The predicted octanol–water partition coefficient (Wildman–Crippen LogP) is 0.682. The van der Waals surface area contributed by atoms with E-state index in [4.69, 9.17) is 10.8 Å². The molecule has 1 aromatic heterocycles. The fraction of sp³-hybridized carbons (Fsp3) is 0.417. The maximum absolute atomic E-state index is 10.9. The Morgan fingerprint density at radius 3 is 2.89 bits per heavy atom. The molecule has 7 heteroatoms. The number of hydrogen-bond acceptors (Lipinski definition) is 5. The number of piperidine rings is 1. The molecule has 0 atom stereocenters. The molecule has 0 aromatic carbocycles. The molecular formula is C12H15N5O2. The smallest absolute Gasteiger partial charge is 0.407 e. The minimum absolute atomic E-state index is 0.415. The van der Waals surface area contributed by atoms with E-state index in [1.165, 1.54) is 4.90 Å². The molecule has 1 saturated heterocycles. The van der Waals surface area contributed by atoms with E-state index in [9.17, 15) is 4.79 Å². The second-order valence-corrected chi connectivity index (χ2v) is 4.82. The molecule has 0 bridgehead atoms. The average molecular weight is 261 g/mol. The van der Waals surface area contributed by atoms with Crippen LogP contribution in [0.25, 0.3) is 0 Å². The largest absolute Gasteiger partial charge is 0.465 e. The molecule has 100 valence electrons. The van der Waals surface area contributed by atoms with Crippen LogP contribution in [0.5, 0.6) is 0 Å². The summed E-state index contributed by atoms with van der Waals surface area (Å²) in [6, 6.07) is 3.75. The van der Waals surface area contributed by atoms with Crippen molar-refractivity contribution in [2.45, 2.75) is 18.5 Å². The third-order valence-electron chi connectivity index (χ3n) is 3.61. The topological polar surface area (TPSA) is 104 Å². The maximum atomic E-state index is 10.9. The Labute approximate surface area is 110 Å². The zero-order chi connectivity index (χ0) is 13.5. The summed E-state index contributed by atoms with van der Waals surface area (Å²) in [6.45, 7) is 0.906. The minimum atomic E-state index is -0.885. The highest BCUT2D eigenvalue weighted by Crippen LogP contribution is 2.33. The van der Waals surface area contributed by atoms with Gasteiger partial charge in [-0.15, -0.1) is 0 Å². The summed E-state index contributed by atoms with van der Waals surface area (Å²) >= 11 is 0. The van der Waals surface area contributed by atoms with Crippen molar-refractivity contribution >= 4 is 17.6 Å². The normalized spacial score (nSPS) is 20.4. The fourth-order valence-electron chi connectivity index (χ4n) is 2.58. The highest BCUT2D eigenvalue weighted by atomic mass is 16.4. The quantitative estimate of drug-likeness (QED) is 0.637. The van der Waals surface area contributed by atoms with Crippen LogP contribution in [0.1, 0.15) is 18.5 Å². The van der Waals surface area contributed by atoms with E-state index >= 15 is 0 Å². The van der Waals surface area contributed by atoms with Crippen molar-refractivity contribution in [1.29, 1.82) is 0 Å². The number of rotatable bonds is 0. The minimum Gasteiger partial charge on any atom is -0.465 e. The first-order valence-electron chi connectivity index (χ1n) is 6.16. The van der Waals surface area contributed by atoms with Crippen molar-refractivity contribution in [3.8, 4) is 0 Å². The number of aromatic nitrogens is 1. The van der Waals surface area contributed by atoms with Crippen LogP contribution in [-0.2, 0) is 0 Å². The number of carbonyl (C=O) groups is 1. The Bertz CT molecular complexity index is 549. The lowest BCUT2D eigenvalue weighted by Gasteiger charge is -2.41. The number of anilines is 1. The molecule has 0 unspecified atom stereocenters. The van der Waals surface area contributed by atoms with Gasteiger partial charge in [0, 0.05) is 32.1 Å². The first kappa shape index (κ1) is 11.8. The summed E-state index contributed by atoms with van der Waals surface area (Å²) in [6.07, 6.45) is 2.00. The summed E-state index contributed by atoms with van der Waals surface area (Å²) in [4.78, 5) is 21.0. The van der Waals surface area contributed by atoms with E-state index in [2.05, 4.69) is 15.3 Å². The molecular weight excluding hydrogens is 246 g/mol. The number of likely N-dealkylation sites (tertiary alicyclic amines) is 1. The van der Waals surface area contributed by atoms with Gasteiger partial charge < -0.3 is 21.1 Å². The summed E-state index contributed by atoms with van der Waals surface area (Å²) in [5.41, 5.74) is 6.99. The first-order valence-corrected chi connectivity index (χ1v) is 6.16. The van der Waals surface area contributed by atoms with Gasteiger partial charge in [0.2, 0.25) is 0 Å². The van der Waals surface area contributed by atoms with Crippen LogP contribution in [0.3, 0.4) is 0 Å². The third kappa shape index (κ3) is 1.96. The molecule has 2 aliphatic heterocycles. The molecule has 4 N–H and O–H groups in total. The number of aliphatic imine (C=N–C) groups is 1. The highest BCUT2D eigenvalue weighted by Gasteiger charge is 2.39. The number of carboxylic acid groups (broad SMARTS) is 1. The lowest BCUT2D eigenvalue weighted by Crippen LogP contribution is -2.52. The Hall–Kier alpha value is -2.31. The molecule has 3 rings (SSSR count). The number of nitrogens with one attached hydrogen (secondary N) is 1. The first-order chi connectivity index (χ1) is 9.10. The molecule has 1 spiro atoms. The van der Waals surface area contributed by atoms with Gasteiger partial charge in [-0.3, -0.25) is 4.98 Å². The molecule has 1 amide bonds. The van der Waals surface area contributed by atoms with Gasteiger partial charge in [0.25, 0.3) is 0 Å². The number of hydrogen-bond donors (Lipinski definition) is 3. The third-order valence-corrected chi connectivity index (χ3v) is 3.61. The standard InChI is InChI=1S/C12H15N5O2/c13-10-9-8(2-1-5-14-9)15-12(16-10)3-6-17(7-4-12)11(18)19/h1-2,5,15H,3-4,6-7H2,(H2,13,16)(H,18,19). The van der Waals surface area contributed by atoms with Crippen LogP contribution in [-0.4, -0.2) is 45.7 Å². The molecule has 7 nitrogen and oxygen atoms in total. The zero-order valence-electron chi connectivity index (χ0n) is 10.3. The lowest BCUT2D eigenvalue weighted by atomic mass is 9.95. The van der Waals surface area contributed by atoms with Crippen LogP contribution in [0.15, 0.2) is 23.3 Å².